The molecule has 0 aliphatic carbocycles. The van der Waals surface area contributed by atoms with Crippen molar-refractivity contribution in [2.45, 2.75) is 17.4 Å². The molecule has 22 heavy (non-hydrogen) atoms. The number of amides is 1. The molecule has 2 saturated heterocycles. The van der Waals surface area contributed by atoms with Gasteiger partial charge in [0.2, 0.25) is 0 Å². The summed E-state index contributed by atoms with van der Waals surface area (Å²) in [4.78, 5) is 16.0. The van der Waals surface area contributed by atoms with E-state index in [1.54, 1.807) is 23.9 Å². The normalized spacial score (nSPS) is 30.1. The Morgan fingerprint density at radius 3 is 2.77 bits per heavy atom. The first-order valence-corrected chi connectivity index (χ1v) is 9.29. The highest BCUT2D eigenvalue weighted by molar-refractivity contribution is 8.13. The van der Waals surface area contributed by atoms with Gasteiger partial charge in [-0.3, -0.25) is 4.79 Å². The average molecular weight is 333 g/mol. The van der Waals surface area contributed by atoms with Gasteiger partial charge in [-0.2, -0.15) is 3.71 Å². The third kappa shape index (κ3) is 3.06. The molecular weight excluding hydrogens is 314 g/mol. The summed E-state index contributed by atoms with van der Waals surface area (Å²) in [7, 11) is 0. The van der Waals surface area contributed by atoms with Crippen LogP contribution in [0.15, 0.2) is 40.6 Å². The van der Waals surface area contributed by atoms with Gasteiger partial charge < -0.3 is 10.2 Å². The van der Waals surface area contributed by atoms with E-state index in [0.717, 1.165) is 25.2 Å². The first-order valence-electron chi connectivity index (χ1n) is 7.68. The van der Waals surface area contributed by atoms with Crippen molar-refractivity contribution in [3.05, 3.63) is 41.3 Å². The summed E-state index contributed by atoms with van der Waals surface area (Å²) in [6.07, 6.45) is 3.37. The Morgan fingerprint density at radius 2 is 2.14 bits per heavy atom. The minimum absolute atomic E-state index is 0.0625. The number of benzene rings is 1. The molecule has 4 nitrogen and oxygen atoms in total. The lowest BCUT2D eigenvalue weighted by molar-refractivity contribution is 0.0924. The Bertz CT molecular complexity index is 582. The number of hydrogen-bond donors (Lipinski definition) is 1. The molecule has 3 atom stereocenters. The summed E-state index contributed by atoms with van der Waals surface area (Å²) >= 11 is 3.42. The van der Waals surface area contributed by atoms with E-state index in [-0.39, 0.29) is 5.91 Å². The molecule has 0 radical (unpaired) electrons. The second kappa shape index (κ2) is 6.28. The number of carbonyl (C=O) groups is 1. The van der Waals surface area contributed by atoms with Gasteiger partial charge in [0.25, 0.3) is 5.91 Å². The summed E-state index contributed by atoms with van der Waals surface area (Å²) in [6.45, 7) is 4.33. The minimum atomic E-state index is 0.0625. The Kier molecular flexibility index (Phi) is 4.17. The molecule has 6 heteroatoms. The van der Waals surface area contributed by atoms with E-state index >= 15 is 0 Å². The zero-order chi connectivity index (χ0) is 14.9. The molecule has 3 heterocycles. The van der Waals surface area contributed by atoms with Gasteiger partial charge in [0.05, 0.1) is 0 Å². The molecule has 1 aromatic carbocycles. The van der Waals surface area contributed by atoms with Gasteiger partial charge in [-0.25, -0.2) is 0 Å². The van der Waals surface area contributed by atoms with Gasteiger partial charge in [-0.05, 0) is 72.5 Å². The summed E-state index contributed by atoms with van der Waals surface area (Å²) in [5, 5.41) is 5.30. The number of nitrogens with one attached hydrogen (secondary N) is 1. The largest absolute Gasteiger partial charge is 0.348 e. The Hall–Kier alpha value is -0.950. The molecule has 2 unspecified atom stereocenters. The Morgan fingerprint density at radius 1 is 1.27 bits per heavy atom. The molecule has 3 aliphatic heterocycles. The van der Waals surface area contributed by atoms with Gasteiger partial charge >= 0.3 is 0 Å². The van der Waals surface area contributed by atoms with Gasteiger partial charge in [-0.15, -0.1) is 0 Å². The van der Waals surface area contributed by atoms with Crippen LogP contribution in [0.4, 0.5) is 0 Å². The van der Waals surface area contributed by atoms with Crippen LogP contribution in [0.3, 0.4) is 0 Å². The molecule has 2 fully saturated rings. The summed E-state index contributed by atoms with van der Waals surface area (Å²) in [6, 6.07) is 8.26. The fourth-order valence-corrected chi connectivity index (χ4v) is 5.04. The third-order valence-corrected chi connectivity index (χ3v) is 6.52. The molecule has 1 amide bonds. The molecule has 4 rings (SSSR count). The lowest BCUT2D eigenvalue weighted by Gasteiger charge is -2.23. The molecule has 2 bridgehead atoms. The lowest BCUT2D eigenvalue weighted by Crippen LogP contribution is -2.43. The second-order valence-electron chi connectivity index (χ2n) is 6.00. The number of fused-ring (bicyclic) bond motifs is 2. The van der Waals surface area contributed by atoms with E-state index in [0.29, 0.717) is 12.0 Å². The molecule has 0 spiro atoms. The Balaban J connectivity index is 1.34. The highest BCUT2D eigenvalue weighted by Gasteiger charge is 2.38. The predicted molar refractivity (Wildman–Crippen MR) is 91.5 cm³/mol. The van der Waals surface area contributed by atoms with Gasteiger partial charge in [0.15, 0.2) is 0 Å². The first kappa shape index (κ1) is 14.6. The van der Waals surface area contributed by atoms with E-state index in [1.165, 1.54) is 17.9 Å². The second-order valence-corrected chi connectivity index (χ2v) is 8.25. The maximum absolute atomic E-state index is 12.4. The number of rotatable bonds is 4. The Labute approximate surface area is 139 Å². The van der Waals surface area contributed by atoms with Crippen LogP contribution < -0.4 is 5.32 Å². The molecule has 1 aromatic rings. The fourth-order valence-electron chi connectivity index (χ4n) is 3.33. The zero-order valence-corrected chi connectivity index (χ0v) is 13.9. The number of piperidine rings is 1. The van der Waals surface area contributed by atoms with Crippen LogP contribution in [-0.4, -0.2) is 46.7 Å². The lowest BCUT2D eigenvalue weighted by atomic mass is 9.99. The molecular formula is C16H19N3OS2. The van der Waals surface area contributed by atoms with Crippen LogP contribution in [0.1, 0.15) is 16.8 Å². The average Bonchev–Trinajstić information content (AvgIpc) is 3.25. The molecule has 116 valence electrons. The van der Waals surface area contributed by atoms with E-state index < -0.39 is 0 Å². The maximum Gasteiger partial charge on any atom is 0.251 e. The van der Waals surface area contributed by atoms with Gasteiger partial charge in [-0.1, -0.05) is 6.08 Å². The molecule has 0 saturated carbocycles. The third-order valence-electron chi connectivity index (χ3n) is 4.50. The van der Waals surface area contributed by atoms with Crippen LogP contribution in [0.5, 0.6) is 0 Å². The van der Waals surface area contributed by atoms with Crippen molar-refractivity contribution in [1.29, 1.82) is 0 Å². The fraction of sp³-hybridized carbons (Fsp3) is 0.438. The van der Waals surface area contributed by atoms with Crippen molar-refractivity contribution < 1.29 is 4.79 Å². The van der Waals surface area contributed by atoms with Crippen molar-refractivity contribution >= 4 is 29.8 Å². The number of hydrogen-bond acceptors (Lipinski definition) is 5. The maximum atomic E-state index is 12.4. The molecule has 3 aliphatic rings. The van der Waals surface area contributed by atoms with Crippen LogP contribution in [0, 0.1) is 5.92 Å². The van der Waals surface area contributed by atoms with Crippen molar-refractivity contribution in [3.8, 4) is 0 Å². The standard InChI is InChI=1S/C16H19N3OS2/c20-16(17-15-11-18-8-6-13(15)10-18)12-2-4-14(5-3-12)22-19-7-1-9-21-19/h1-5,9,13,15H,6-8,10-11H2,(H,17,20)/t13-,15?/m0/s1. The van der Waals surface area contributed by atoms with E-state index in [1.807, 2.05) is 24.3 Å². The van der Waals surface area contributed by atoms with Gasteiger partial charge in [0, 0.05) is 36.1 Å². The van der Waals surface area contributed by atoms with Crippen molar-refractivity contribution in [3.63, 3.8) is 0 Å². The molecule has 1 N–H and O–H groups in total. The van der Waals surface area contributed by atoms with Crippen molar-refractivity contribution in [2.24, 2.45) is 5.92 Å². The van der Waals surface area contributed by atoms with E-state index in [9.17, 15) is 4.79 Å². The van der Waals surface area contributed by atoms with E-state index in [4.69, 9.17) is 0 Å². The van der Waals surface area contributed by atoms with Crippen LogP contribution >= 0.6 is 23.9 Å². The predicted octanol–water partition coefficient (Wildman–Crippen LogP) is 2.61. The molecule has 0 aromatic heterocycles. The number of carbonyl (C=O) groups excluding carboxylic acids is 1. The van der Waals surface area contributed by atoms with Gasteiger partial charge in [0.1, 0.15) is 0 Å². The number of nitrogens with zero attached hydrogens (tertiary/aromatic N) is 2. The highest BCUT2D eigenvalue weighted by Crippen LogP contribution is 2.33. The summed E-state index contributed by atoms with van der Waals surface area (Å²) in [5.41, 5.74) is 0.759. The quantitative estimate of drug-likeness (QED) is 0.857. The summed E-state index contributed by atoms with van der Waals surface area (Å²) < 4.78 is 2.21. The smallest absolute Gasteiger partial charge is 0.251 e. The summed E-state index contributed by atoms with van der Waals surface area (Å²) in [5.74, 6) is 0.714. The van der Waals surface area contributed by atoms with Crippen LogP contribution in [0.25, 0.3) is 0 Å². The van der Waals surface area contributed by atoms with E-state index in [2.05, 4.69) is 25.4 Å². The van der Waals surface area contributed by atoms with Crippen molar-refractivity contribution in [2.75, 3.05) is 26.2 Å². The van der Waals surface area contributed by atoms with Crippen LogP contribution in [-0.2, 0) is 0 Å². The zero-order valence-electron chi connectivity index (χ0n) is 12.3. The first-order chi connectivity index (χ1) is 10.8. The monoisotopic (exact) mass is 333 g/mol. The minimum Gasteiger partial charge on any atom is -0.348 e. The highest BCUT2D eigenvalue weighted by atomic mass is 32.2. The topological polar surface area (TPSA) is 35.6 Å². The van der Waals surface area contributed by atoms with Crippen LogP contribution in [0.2, 0.25) is 0 Å². The van der Waals surface area contributed by atoms with Crippen molar-refractivity contribution in [1.82, 2.24) is 13.9 Å². The SMILES string of the molecule is O=C(NC1CN2CC[C@H]1C2)c1ccc(SN2CC=CS2)cc1.